The first-order valence-electron chi connectivity index (χ1n) is 29.0. The van der Waals surface area contributed by atoms with E-state index < -0.39 is 6.10 Å². The van der Waals surface area contributed by atoms with Gasteiger partial charge < -0.3 is 14.2 Å². The van der Waals surface area contributed by atoms with Crippen LogP contribution in [0.15, 0.2) is 36.5 Å². The van der Waals surface area contributed by atoms with Crippen molar-refractivity contribution in [2.45, 2.75) is 316 Å². The molecule has 0 amide bonds. The first kappa shape index (κ1) is 63.6. The average molecular weight is 928 g/mol. The summed E-state index contributed by atoms with van der Waals surface area (Å²) in [6.07, 6.45) is 65.6. The van der Waals surface area contributed by atoms with Crippen molar-refractivity contribution in [2.75, 3.05) is 13.2 Å². The summed E-state index contributed by atoms with van der Waals surface area (Å²) in [5.74, 6) is -0.865. The van der Waals surface area contributed by atoms with Gasteiger partial charge in [0.15, 0.2) is 6.10 Å². The molecule has 6 heteroatoms. The summed E-state index contributed by atoms with van der Waals surface area (Å²) in [6.45, 7) is 6.57. The first-order valence-corrected chi connectivity index (χ1v) is 29.0. The summed E-state index contributed by atoms with van der Waals surface area (Å²) < 4.78 is 16.9. The second-order valence-corrected chi connectivity index (χ2v) is 19.5. The second kappa shape index (κ2) is 55.2. The van der Waals surface area contributed by atoms with Crippen LogP contribution < -0.4 is 0 Å². The van der Waals surface area contributed by atoms with Crippen LogP contribution in [0.1, 0.15) is 310 Å². The van der Waals surface area contributed by atoms with Crippen LogP contribution >= 0.6 is 0 Å². The van der Waals surface area contributed by atoms with E-state index in [1.165, 1.54) is 186 Å². The van der Waals surface area contributed by atoms with E-state index in [1.54, 1.807) is 0 Å². The molecule has 0 aromatic heterocycles. The highest BCUT2D eigenvalue weighted by Gasteiger charge is 2.19. The molecule has 66 heavy (non-hydrogen) atoms. The number of carbonyl (C=O) groups excluding carboxylic acids is 3. The van der Waals surface area contributed by atoms with Gasteiger partial charge in [-0.05, 0) is 51.4 Å². The zero-order valence-corrected chi connectivity index (χ0v) is 44.2. The van der Waals surface area contributed by atoms with E-state index >= 15 is 0 Å². The number of ether oxygens (including phenoxy) is 3. The molecule has 0 aliphatic rings. The molecular formula is C60H110O6. The minimum atomic E-state index is -0.775. The van der Waals surface area contributed by atoms with Crippen LogP contribution in [0.2, 0.25) is 0 Å². The maximum atomic E-state index is 12.8. The molecule has 0 bridgehead atoms. The van der Waals surface area contributed by atoms with Crippen molar-refractivity contribution in [1.29, 1.82) is 0 Å². The Hall–Kier alpha value is -2.37. The average Bonchev–Trinajstić information content (AvgIpc) is 3.31. The lowest BCUT2D eigenvalue weighted by Crippen LogP contribution is -2.30. The van der Waals surface area contributed by atoms with Crippen LogP contribution in [0.3, 0.4) is 0 Å². The summed E-state index contributed by atoms with van der Waals surface area (Å²) in [4.78, 5) is 38.2. The Morgan fingerprint density at radius 2 is 0.591 bits per heavy atom. The van der Waals surface area contributed by atoms with Gasteiger partial charge in [0.2, 0.25) is 0 Å². The van der Waals surface area contributed by atoms with Crippen molar-refractivity contribution >= 4 is 17.9 Å². The monoisotopic (exact) mass is 927 g/mol. The molecule has 0 saturated carbocycles. The van der Waals surface area contributed by atoms with Gasteiger partial charge in [-0.3, -0.25) is 14.4 Å². The molecule has 0 N–H and O–H groups in total. The van der Waals surface area contributed by atoms with Crippen molar-refractivity contribution in [3.8, 4) is 0 Å². The lowest BCUT2D eigenvalue weighted by Gasteiger charge is -2.18. The maximum Gasteiger partial charge on any atom is 0.306 e. The molecule has 0 aromatic rings. The number of hydrogen-bond acceptors (Lipinski definition) is 6. The van der Waals surface area contributed by atoms with Gasteiger partial charge in [0, 0.05) is 19.3 Å². The van der Waals surface area contributed by atoms with Gasteiger partial charge in [0.25, 0.3) is 0 Å². The number of unbranched alkanes of at least 4 members (excludes halogenated alkanes) is 36. The fourth-order valence-corrected chi connectivity index (χ4v) is 8.58. The normalized spacial score (nSPS) is 12.2. The van der Waals surface area contributed by atoms with Crippen molar-refractivity contribution < 1.29 is 28.6 Å². The number of carbonyl (C=O) groups is 3. The van der Waals surface area contributed by atoms with E-state index in [1.807, 2.05) is 0 Å². The third-order valence-corrected chi connectivity index (χ3v) is 12.9. The van der Waals surface area contributed by atoms with Crippen LogP contribution in [-0.4, -0.2) is 37.2 Å². The third-order valence-electron chi connectivity index (χ3n) is 12.9. The number of esters is 3. The van der Waals surface area contributed by atoms with Crippen molar-refractivity contribution in [1.82, 2.24) is 0 Å². The van der Waals surface area contributed by atoms with Crippen LogP contribution in [0.4, 0.5) is 0 Å². The van der Waals surface area contributed by atoms with Crippen LogP contribution in [0.5, 0.6) is 0 Å². The molecule has 0 aromatic carbocycles. The topological polar surface area (TPSA) is 78.9 Å². The van der Waals surface area contributed by atoms with E-state index in [0.717, 1.165) is 83.5 Å². The second-order valence-electron chi connectivity index (χ2n) is 19.5. The highest BCUT2D eigenvalue weighted by molar-refractivity contribution is 5.71. The Labute approximate surface area is 410 Å². The van der Waals surface area contributed by atoms with Crippen LogP contribution in [0.25, 0.3) is 0 Å². The highest BCUT2D eigenvalue weighted by atomic mass is 16.6. The SMILES string of the molecule is CC/C=C\C/C=C\C/C=C\CCCCCCCCC(=O)OC(COC(=O)CCCCCCCCCCCCCCCCC)COC(=O)CCCCCCCCCCCCCCCCCCC. The molecular weight excluding hydrogens is 817 g/mol. The van der Waals surface area contributed by atoms with Gasteiger partial charge in [0.1, 0.15) is 13.2 Å². The lowest BCUT2D eigenvalue weighted by molar-refractivity contribution is -0.167. The zero-order chi connectivity index (χ0) is 47.9. The smallest absolute Gasteiger partial charge is 0.306 e. The highest BCUT2D eigenvalue weighted by Crippen LogP contribution is 2.17. The number of allylic oxidation sites excluding steroid dienone is 6. The fraction of sp³-hybridized carbons (Fsp3) is 0.850. The summed E-state index contributed by atoms with van der Waals surface area (Å²) in [5, 5.41) is 0. The van der Waals surface area contributed by atoms with Gasteiger partial charge in [-0.25, -0.2) is 0 Å². The third kappa shape index (κ3) is 52.6. The van der Waals surface area contributed by atoms with Crippen molar-refractivity contribution in [3.05, 3.63) is 36.5 Å². The molecule has 1 atom stereocenters. The zero-order valence-electron chi connectivity index (χ0n) is 44.2. The van der Waals surface area contributed by atoms with Gasteiger partial charge in [-0.1, -0.05) is 276 Å². The molecule has 1 unspecified atom stereocenters. The summed E-state index contributed by atoms with van der Waals surface area (Å²) in [5.41, 5.74) is 0. The summed E-state index contributed by atoms with van der Waals surface area (Å²) in [7, 11) is 0. The van der Waals surface area contributed by atoms with Gasteiger partial charge >= 0.3 is 17.9 Å². The largest absolute Gasteiger partial charge is 0.462 e. The Morgan fingerprint density at radius 3 is 0.924 bits per heavy atom. The molecule has 0 rings (SSSR count). The number of hydrogen-bond donors (Lipinski definition) is 0. The van der Waals surface area contributed by atoms with E-state index in [0.29, 0.717) is 19.3 Å². The Bertz CT molecular complexity index is 1110. The maximum absolute atomic E-state index is 12.8. The molecule has 0 saturated heterocycles. The first-order chi connectivity index (χ1) is 32.5. The molecule has 386 valence electrons. The quantitative estimate of drug-likeness (QED) is 0.0262. The minimum absolute atomic E-state index is 0.0726. The number of rotatable bonds is 53. The van der Waals surface area contributed by atoms with Gasteiger partial charge in [-0.2, -0.15) is 0 Å². The van der Waals surface area contributed by atoms with E-state index in [2.05, 4.69) is 57.2 Å². The fourth-order valence-electron chi connectivity index (χ4n) is 8.58. The summed E-state index contributed by atoms with van der Waals surface area (Å²) >= 11 is 0. The molecule has 0 heterocycles. The Balaban J connectivity index is 4.34. The Kier molecular flexibility index (Phi) is 53.2. The minimum Gasteiger partial charge on any atom is -0.462 e. The predicted molar refractivity (Wildman–Crippen MR) is 284 cm³/mol. The predicted octanol–water partition coefficient (Wildman–Crippen LogP) is 19.3. The van der Waals surface area contributed by atoms with Crippen LogP contribution in [-0.2, 0) is 28.6 Å². The van der Waals surface area contributed by atoms with E-state index in [4.69, 9.17) is 14.2 Å². The van der Waals surface area contributed by atoms with Crippen molar-refractivity contribution in [3.63, 3.8) is 0 Å². The van der Waals surface area contributed by atoms with Gasteiger partial charge in [-0.15, -0.1) is 0 Å². The molecule has 0 aliphatic heterocycles. The van der Waals surface area contributed by atoms with E-state index in [9.17, 15) is 14.4 Å². The molecule has 0 radical (unpaired) electrons. The standard InChI is InChI=1S/C60H110O6/c1-4-7-10-13-16-19-22-25-28-30-33-35-38-41-44-47-50-53-59(62)65-56-57(55-64-58(61)52-49-46-43-40-37-34-31-27-24-21-18-15-12-9-6-3)66-60(63)54-51-48-45-42-39-36-32-29-26-23-20-17-14-11-8-5-2/h8,11,17,20,26,29,57H,4-7,9-10,12-16,18-19,21-25,27-28,30-56H2,1-3H3/b11-8-,20-17-,29-26-. The Morgan fingerprint density at radius 1 is 0.318 bits per heavy atom. The van der Waals surface area contributed by atoms with Crippen molar-refractivity contribution in [2.24, 2.45) is 0 Å². The molecule has 0 spiro atoms. The lowest BCUT2D eigenvalue weighted by atomic mass is 10.0. The molecule has 0 fully saturated rings. The van der Waals surface area contributed by atoms with Crippen LogP contribution in [0, 0.1) is 0 Å². The molecule has 6 nitrogen and oxygen atoms in total. The molecule has 0 aliphatic carbocycles. The van der Waals surface area contributed by atoms with Gasteiger partial charge in [0.05, 0.1) is 0 Å². The summed E-state index contributed by atoms with van der Waals surface area (Å²) in [6, 6.07) is 0. The van der Waals surface area contributed by atoms with E-state index in [-0.39, 0.29) is 31.1 Å².